The zero-order valence-corrected chi connectivity index (χ0v) is 5.11. The fourth-order valence-corrected chi connectivity index (χ4v) is 0.803. The number of nitrogens with zero attached hydrogens (tertiary/aromatic N) is 1. The van der Waals surface area contributed by atoms with Gasteiger partial charge in [-0.3, -0.25) is 14.5 Å². The topological polar surface area (TPSA) is 44.2 Å². The van der Waals surface area contributed by atoms with Crippen LogP contribution in [0.1, 0.15) is 6.42 Å². The molecule has 0 atom stereocenters. The minimum atomic E-state index is -0.256. The van der Waals surface area contributed by atoms with Crippen LogP contribution in [0.4, 0.5) is 0 Å². The SMILES string of the molecule is N=C1CCN(S)C1=O. The molecule has 0 bridgehead atoms. The molecule has 1 amide bonds. The van der Waals surface area contributed by atoms with Gasteiger partial charge in [-0.05, 0) is 0 Å². The van der Waals surface area contributed by atoms with Crippen molar-refractivity contribution in [3.8, 4) is 0 Å². The van der Waals surface area contributed by atoms with Crippen molar-refractivity contribution < 1.29 is 4.79 Å². The number of hydrogen-bond donors (Lipinski definition) is 2. The van der Waals surface area contributed by atoms with E-state index in [2.05, 4.69) is 12.8 Å². The van der Waals surface area contributed by atoms with Crippen molar-refractivity contribution in [3.63, 3.8) is 0 Å². The highest BCUT2D eigenvalue weighted by molar-refractivity contribution is 7.78. The predicted octanol–water partition coefficient (Wildman–Crippen LogP) is 0.0833. The molecule has 0 radical (unpaired) electrons. The molecule has 0 saturated carbocycles. The summed E-state index contributed by atoms with van der Waals surface area (Å²) >= 11 is 3.79. The van der Waals surface area contributed by atoms with Crippen LogP contribution in [0, 0.1) is 5.41 Å². The molecule has 44 valence electrons. The van der Waals surface area contributed by atoms with Crippen molar-refractivity contribution in [1.82, 2.24) is 4.31 Å². The summed E-state index contributed by atoms with van der Waals surface area (Å²) in [5.41, 5.74) is 0.167. The number of thiol groups is 1. The van der Waals surface area contributed by atoms with E-state index in [1.54, 1.807) is 0 Å². The highest BCUT2D eigenvalue weighted by Gasteiger charge is 2.22. The first-order valence-electron chi connectivity index (χ1n) is 2.30. The number of carbonyl (C=O) groups is 1. The highest BCUT2D eigenvalue weighted by Crippen LogP contribution is 2.07. The minimum absolute atomic E-state index is 0.167. The summed E-state index contributed by atoms with van der Waals surface area (Å²) in [7, 11) is 0. The molecule has 1 aliphatic heterocycles. The fourth-order valence-electron chi connectivity index (χ4n) is 0.582. The second kappa shape index (κ2) is 1.78. The maximum absolute atomic E-state index is 10.5. The maximum Gasteiger partial charge on any atom is 0.277 e. The Labute approximate surface area is 52.7 Å². The van der Waals surface area contributed by atoms with Crippen LogP contribution in [-0.2, 0) is 4.79 Å². The van der Waals surface area contributed by atoms with Gasteiger partial charge in [0.25, 0.3) is 5.91 Å². The third-order valence-electron chi connectivity index (χ3n) is 1.07. The largest absolute Gasteiger partial charge is 0.300 e. The van der Waals surface area contributed by atoms with Gasteiger partial charge in [0.15, 0.2) is 0 Å². The number of amides is 1. The molecule has 3 nitrogen and oxygen atoms in total. The molecule has 1 fully saturated rings. The van der Waals surface area contributed by atoms with Gasteiger partial charge in [-0.2, -0.15) is 0 Å². The van der Waals surface area contributed by atoms with Crippen LogP contribution in [0.15, 0.2) is 0 Å². The summed E-state index contributed by atoms with van der Waals surface area (Å²) in [6.45, 7) is 0.584. The van der Waals surface area contributed by atoms with Gasteiger partial charge in [0.2, 0.25) is 0 Å². The van der Waals surface area contributed by atoms with E-state index < -0.39 is 0 Å². The maximum atomic E-state index is 10.5. The second-order valence-electron chi connectivity index (χ2n) is 1.66. The summed E-state index contributed by atoms with van der Waals surface area (Å²) in [5, 5.41) is 6.94. The Morgan fingerprint density at radius 1 is 1.75 bits per heavy atom. The molecular formula is C4H6N2OS. The van der Waals surface area contributed by atoms with Crippen LogP contribution >= 0.6 is 12.8 Å². The summed E-state index contributed by atoms with van der Waals surface area (Å²) in [4.78, 5) is 10.5. The lowest BCUT2D eigenvalue weighted by atomic mass is 10.3. The standard InChI is InChI=1S/C4H6N2OS/c5-3-1-2-6(8)4(3)7/h5,8H,1-2H2. The lowest BCUT2D eigenvalue weighted by Gasteiger charge is -2.00. The highest BCUT2D eigenvalue weighted by atomic mass is 32.1. The number of rotatable bonds is 0. The number of hydrogen-bond acceptors (Lipinski definition) is 3. The Balaban J connectivity index is 2.71. The Hall–Kier alpha value is -0.510. The van der Waals surface area contributed by atoms with Crippen molar-refractivity contribution in [1.29, 1.82) is 5.41 Å². The van der Waals surface area contributed by atoms with Crippen LogP contribution < -0.4 is 0 Å². The molecule has 1 rings (SSSR count). The smallest absolute Gasteiger partial charge is 0.277 e. The molecule has 1 aliphatic rings. The molecule has 0 aromatic heterocycles. The van der Waals surface area contributed by atoms with Crippen LogP contribution in [-0.4, -0.2) is 22.5 Å². The first kappa shape index (κ1) is 5.62. The summed E-state index contributed by atoms with van der Waals surface area (Å²) < 4.78 is 1.25. The minimum Gasteiger partial charge on any atom is -0.300 e. The average Bonchev–Trinajstić information content (AvgIpc) is 1.98. The lowest BCUT2D eigenvalue weighted by Crippen LogP contribution is -2.16. The monoisotopic (exact) mass is 130 g/mol. The lowest BCUT2D eigenvalue weighted by molar-refractivity contribution is -0.118. The third kappa shape index (κ3) is 0.709. The van der Waals surface area contributed by atoms with Gasteiger partial charge in [-0.25, -0.2) is 0 Å². The molecule has 4 heteroatoms. The molecule has 0 spiro atoms. The van der Waals surface area contributed by atoms with Gasteiger partial charge in [-0.1, -0.05) is 12.8 Å². The first-order valence-corrected chi connectivity index (χ1v) is 2.70. The third-order valence-corrected chi connectivity index (χ3v) is 1.45. The van der Waals surface area contributed by atoms with Gasteiger partial charge in [-0.15, -0.1) is 0 Å². The molecule has 8 heavy (non-hydrogen) atoms. The molecule has 1 heterocycles. The van der Waals surface area contributed by atoms with Crippen molar-refractivity contribution in [2.75, 3.05) is 6.54 Å². The summed E-state index contributed by atoms with van der Waals surface area (Å²) in [6, 6.07) is 0. The Morgan fingerprint density at radius 3 is 2.50 bits per heavy atom. The molecular weight excluding hydrogens is 124 g/mol. The fraction of sp³-hybridized carbons (Fsp3) is 0.500. The molecule has 0 aliphatic carbocycles. The summed E-state index contributed by atoms with van der Waals surface area (Å²) in [5.74, 6) is -0.256. The summed E-state index contributed by atoms with van der Waals surface area (Å²) in [6.07, 6.45) is 0.544. The quantitative estimate of drug-likeness (QED) is 0.448. The van der Waals surface area contributed by atoms with Crippen molar-refractivity contribution >= 4 is 24.4 Å². The van der Waals surface area contributed by atoms with E-state index in [1.165, 1.54) is 4.31 Å². The van der Waals surface area contributed by atoms with Crippen molar-refractivity contribution in [2.24, 2.45) is 0 Å². The van der Waals surface area contributed by atoms with Crippen LogP contribution in [0.25, 0.3) is 0 Å². The molecule has 1 N–H and O–H groups in total. The zero-order chi connectivity index (χ0) is 6.15. The predicted molar refractivity (Wildman–Crippen MR) is 33.0 cm³/mol. The van der Waals surface area contributed by atoms with E-state index in [9.17, 15) is 4.79 Å². The Kier molecular flexibility index (Phi) is 1.25. The van der Waals surface area contributed by atoms with E-state index in [0.29, 0.717) is 13.0 Å². The number of carbonyl (C=O) groups excluding carboxylic acids is 1. The molecule has 0 aromatic carbocycles. The van der Waals surface area contributed by atoms with E-state index in [-0.39, 0.29) is 11.6 Å². The van der Waals surface area contributed by atoms with E-state index >= 15 is 0 Å². The van der Waals surface area contributed by atoms with Crippen molar-refractivity contribution in [2.45, 2.75) is 6.42 Å². The zero-order valence-electron chi connectivity index (χ0n) is 4.22. The van der Waals surface area contributed by atoms with Gasteiger partial charge < -0.3 is 0 Å². The van der Waals surface area contributed by atoms with Crippen molar-refractivity contribution in [3.05, 3.63) is 0 Å². The molecule has 0 aromatic rings. The van der Waals surface area contributed by atoms with Gasteiger partial charge >= 0.3 is 0 Å². The van der Waals surface area contributed by atoms with Crippen LogP contribution in [0.5, 0.6) is 0 Å². The molecule has 0 unspecified atom stereocenters. The Bertz CT molecular complexity index is 145. The van der Waals surface area contributed by atoms with Crippen LogP contribution in [0.2, 0.25) is 0 Å². The van der Waals surface area contributed by atoms with E-state index in [1.807, 2.05) is 0 Å². The van der Waals surface area contributed by atoms with Gasteiger partial charge in [0, 0.05) is 13.0 Å². The average molecular weight is 130 g/mol. The first-order chi connectivity index (χ1) is 3.72. The number of nitrogens with one attached hydrogen (secondary N) is 1. The van der Waals surface area contributed by atoms with Gasteiger partial charge in [0.1, 0.15) is 0 Å². The van der Waals surface area contributed by atoms with Gasteiger partial charge in [0.05, 0.1) is 5.71 Å². The second-order valence-corrected chi connectivity index (χ2v) is 2.14. The Morgan fingerprint density at radius 2 is 2.38 bits per heavy atom. The van der Waals surface area contributed by atoms with E-state index in [4.69, 9.17) is 5.41 Å². The molecule has 1 saturated heterocycles. The van der Waals surface area contributed by atoms with Crippen LogP contribution in [0.3, 0.4) is 0 Å². The normalized spacial score (nSPS) is 20.4. The van der Waals surface area contributed by atoms with E-state index in [0.717, 1.165) is 0 Å².